The Morgan fingerprint density at radius 1 is 0.559 bits per heavy atom. The molecular weight excluding hydrogens is 733 g/mol. The highest BCUT2D eigenvalue weighted by Gasteiger charge is 2.53. The first kappa shape index (κ1) is 37.9. The highest BCUT2D eigenvalue weighted by Crippen LogP contribution is 2.63. The molecular formula is C53H54O6. The summed E-state index contributed by atoms with van der Waals surface area (Å²) in [4.78, 5) is 22.0. The number of benzene rings is 5. The maximum absolute atomic E-state index is 11.3. The van der Waals surface area contributed by atoms with E-state index >= 15 is 0 Å². The van der Waals surface area contributed by atoms with Gasteiger partial charge in [-0.1, -0.05) is 54.6 Å². The molecule has 6 nitrogen and oxygen atoms in total. The van der Waals surface area contributed by atoms with Crippen LogP contribution in [0.5, 0.6) is 11.5 Å². The zero-order valence-electron chi connectivity index (χ0n) is 33.9. The number of phenols is 1. The van der Waals surface area contributed by atoms with Crippen LogP contribution in [0.1, 0.15) is 104 Å². The minimum atomic E-state index is -0.942. The lowest BCUT2D eigenvalue weighted by Gasteiger charge is -2.57. The van der Waals surface area contributed by atoms with Crippen molar-refractivity contribution in [2.45, 2.75) is 87.9 Å². The summed E-state index contributed by atoms with van der Waals surface area (Å²) in [6.07, 6.45) is 18.9. The molecule has 8 fully saturated rings. The van der Waals surface area contributed by atoms with Crippen LogP contribution in [0, 0.1) is 35.5 Å². The number of carboxylic acid groups (broad SMARTS) is 2. The quantitative estimate of drug-likeness (QED) is 0.135. The number of ether oxygens (including phenoxy) is 1. The number of carboxylic acids is 2. The molecule has 5 aromatic carbocycles. The standard InChI is InChI=1S/C28H28O3.C25H26O3/c1-31-26-7-6-23(21-2-3-22-12-24(27(29)30)5-4-20(22)11-21)13-25(26)28-14-17-8-18(15-28)10-19(9-17)16-28;26-23-7-6-21(20-4-1-16(2-5-20)3-8-24(27)28)12-22(23)25-13-17-9-18(14-25)11-19(10-17)15-25/h2-7,11-13,17-19H,8-10,14-16H2,1H3,(H,29,30);1-8,12,17-19,26H,9-11,13-15H2,(H,27,28)/b;8-3+. The highest BCUT2D eigenvalue weighted by atomic mass is 16.5. The Hall–Kier alpha value is -5.36. The molecule has 5 aromatic rings. The summed E-state index contributed by atoms with van der Waals surface area (Å²) < 4.78 is 5.88. The number of hydrogen-bond acceptors (Lipinski definition) is 4. The van der Waals surface area contributed by atoms with Gasteiger partial charge in [-0.15, -0.1) is 0 Å². The summed E-state index contributed by atoms with van der Waals surface area (Å²) in [6.45, 7) is 0. The van der Waals surface area contributed by atoms with E-state index < -0.39 is 11.9 Å². The van der Waals surface area contributed by atoms with Crippen LogP contribution in [0.2, 0.25) is 0 Å². The largest absolute Gasteiger partial charge is 0.508 e. The lowest BCUT2D eigenvalue weighted by Crippen LogP contribution is -2.48. The third-order valence-corrected chi connectivity index (χ3v) is 15.5. The molecule has 0 aromatic heterocycles. The fourth-order valence-electron chi connectivity index (χ4n) is 13.8. The average Bonchev–Trinajstić information content (AvgIpc) is 3.22. The molecule has 0 spiro atoms. The molecule has 59 heavy (non-hydrogen) atoms. The number of hydrogen-bond donors (Lipinski definition) is 3. The Morgan fingerprint density at radius 2 is 1.02 bits per heavy atom. The minimum absolute atomic E-state index is 0.166. The molecule has 302 valence electrons. The van der Waals surface area contributed by atoms with Gasteiger partial charge in [-0.05, 0) is 211 Å². The van der Waals surface area contributed by atoms with Crippen molar-refractivity contribution in [1.29, 1.82) is 0 Å². The van der Waals surface area contributed by atoms with Crippen molar-refractivity contribution in [1.82, 2.24) is 0 Å². The van der Waals surface area contributed by atoms with Crippen molar-refractivity contribution in [2.75, 3.05) is 7.11 Å². The van der Waals surface area contributed by atoms with Crippen molar-refractivity contribution in [2.24, 2.45) is 35.5 Å². The Balaban J connectivity index is 0.000000143. The van der Waals surface area contributed by atoms with Crippen molar-refractivity contribution >= 4 is 28.8 Å². The van der Waals surface area contributed by atoms with Crippen molar-refractivity contribution in [3.63, 3.8) is 0 Å². The first-order chi connectivity index (χ1) is 28.5. The van der Waals surface area contributed by atoms with Gasteiger partial charge in [-0.2, -0.15) is 0 Å². The fourth-order valence-corrected chi connectivity index (χ4v) is 13.8. The van der Waals surface area contributed by atoms with E-state index in [0.29, 0.717) is 11.3 Å². The summed E-state index contributed by atoms with van der Waals surface area (Å²) in [5.74, 6) is 4.86. The number of rotatable bonds is 8. The number of phenolic OH excluding ortho intramolecular Hbond substituents is 1. The number of aliphatic carboxylic acids is 1. The monoisotopic (exact) mass is 786 g/mol. The van der Waals surface area contributed by atoms with Crippen LogP contribution in [-0.4, -0.2) is 34.4 Å². The van der Waals surface area contributed by atoms with Gasteiger partial charge in [0.2, 0.25) is 0 Å². The lowest BCUT2D eigenvalue weighted by atomic mass is 9.48. The van der Waals surface area contributed by atoms with Crippen LogP contribution < -0.4 is 4.74 Å². The first-order valence-electron chi connectivity index (χ1n) is 21.8. The Kier molecular flexibility index (Phi) is 9.45. The Morgan fingerprint density at radius 3 is 1.58 bits per heavy atom. The second-order valence-corrected chi connectivity index (χ2v) is 19.4. The van der Waals surface area contributed by atoms with Gasteiger partial charge in [0.25, 0.3) is 0 Å². The predicted octanol–water partition coefficient (Wildman–Crippen LogP) is 12.3. The second-order valence-electron chi connectivity index (χ2n) is 19.4. The van der Waals surface area contributed by atoms with Crippen molar-refractivity contribution < 1.29 is 29.6 Å². The summed E-state index contributed by atoms with van der Waals surface area (Å²) in [5.41, 5.74) is 8.81. The molecule has 0 heterocycles. The zero-order chi connectivity index (χ0) is 40.5. The topological polar surface area (TPSA) is 104 Å². The molecule has 0 radical (unpaired) electrons. The fraction of sp³-hybridized carbons (Fsp3) is 0.396. The van der Waals surface area contributed by atoms with E-state index in [1.165, 1.54) is 93.7 Å². The van der Waals surface area contributed by atoms with Crippen LogP contribution in [0.15, 0.2) is 103 Å². The summed E-state index contributed by atoms with van der Waals surface area (Å²) in [7, 11) is 1.80. The smallest absolute Gasteiger partial charge is 0.335 e. The van der Waals surface area contributed by atoms with Gasteiger partial charge in [-0.25, -0.2) is 9.59 Å². The molecule has 0 atom stereocenters. The Bertz CT molecular complexity index is 2400. The molecule has 3 N–H and O–H groups in total. The van der Waals surface area contributed by atoms with Gasteiger partial charge in [-0.3, -0.25) is 0 Å². The number of methoxy groups -OCH3 is 1. The maximum atomic E-state index is 11.3. The molecule has 6 heteroatoms. The number of carbonyl (C=O) groups is 2. The average molecular weight is 787 g/mol. The van der Waals surface area contributed by atoms with Gasteiger partial charge in [0.05, 0.1) is 12.7 Å². The molecule has 0 amide bonds. The second kappa shape index (κ2) is 14.7. The lowest BCUT2D eigenvalue weighted by molar-refractivity contribution is -0.131. The minimum Gasteiger partial charge on any atom is -0.508 e. The van der Waals surface area contributed by atoms with E-state index in [4.69, 9.17) is 9.84 Å². The SMILES string of the molecule is COc1ccc(-c2ccc3cc(C(=O)O)ccc3c2)cc1C12CC3CC(CC(C3)C1)C2.O=C(O)/C=C/c1ccc(-c2ccc(O)c(C34CC5CC(CC(C5)C3)C4)c2)cc1. The number of aromatic carboxylic acids is 1. The van der Waals surface area contributed by atoms with Crippen molar-refractivity contribution in [3.8, 4) is 33.8 Å². The molecule has 8 aliphatic carbocycles. The Labute approximate surface area is 347 Å². The first-order valence-corrected chi connectivity index (χ1v) is 21.8. The van der Waals surface area contributed by atoms with Crippen molar-refractivity contribution in [3.05, 3.63) is 125 Å². The van der Waals surface area contributed by atoms with E-state index in [1.54, 1.807) is 25.3 Å². The van der Waals surface area contributed by atoms with E-state index in [2.05, 4.69) is 36.4 Å². The van der Waals surface area contributed by atoms with E-state index in [1.807, 2.05) is 48.5 Å². The van der Waals surface area contributed by atoms with E-state index in [0.717, 1.165) is 80.4 Å². The predicted molar refractivity (Wildman–Crippen MR) is 233 cm³/mol. The highest BCUT2D eigenvalue weighted by molar-refractivity contribution is 5.95. The summed E-state index contributed by atoms with van der Waals surface area (Å²) in [5, 5.41) is 30.8. The van der Waals surface area contributed by atoms with Crippen LogP contribution in [-0.2, 0) is 15.6 Å². The molecule has 0 saturated heterocycles. The summed E-state index contributed by atoms with van der Waals surface area (Å²) in [6, 6.07) is 32.3. The van der Waals surface area contributed by atoms with Gasteiger partial charge in [0, 0.05) is 17.2 Å². The van der Waals surface area contributed by atoms with Crippen LogP contribution in [0.4, 0.5) is 0 Å². The van der Waals surface area contributed by atoms with Gasteiger partial charge >= 0.3 is 11.9 Å². The third kappa shape index (κ3) is 7.13. The molecule has 13 rings (SSSR count). The molecule has 8 saturated carbocycles. The molecule has 0 unspecified atom stereocenters. The zero-order valence-corrected chi connectivity index (χ0v) is 33.9. The molecule has 8 bridgehead atoms. The normalized spacial score (nSPS) is 29.7. The number of fused-ring (bicyclic) bond motifs is 1. The van der Waals surface area contributed by atoms with Gasteiger partial charge in [0.1, 0.15) is 11.5 Å². The van der Waals surface area contributed by atoms with Crippen LogP contribution in [0.25, 0.3) is 39.1 Å². The third-order valence-electron chi connectivity index (χ3n) is 15.5. The van der Waals surface area contributed by atoms with E-state index in [-0.39, 0.29) is 10.8 Å². The van der Waals surface area contributed by atoms with Crippen LogP contribution >= 0.6 is 0 Å². The summed E-state index contributed by atoms with van der Waals surface area (Å²) >= 11 is 0. The van der Waals surface area contributed by atoms with E-state index in [9.17, 15) is 19.8 Å². The van der Waals surface area contributed by atoms with Gasteiger partial charge in [0.15, 0.2) is 0 Å². The molecule has 0 aliphatic heterocycles. The van der Waals surface area contributed by atoms with Gasteiger partial charge < -0.3 is 20.1 Å². The maximum Gasteiger partial charge on any atom is 0.335 e. The number of aromatic hydroxyl groups is 1. The van der Waals surface area contributed by atoms with Crippen LogP contribution in [0.3, 0.4) is 0 Å². The molecule has 8 aliphatic rings.